The summed E-state index contributed by atoms with van der Waals surface area (Å²) < 4.78 is 11.1. The van der Waals surface area contributed by atoms with Gasteiger partial charge < -0.3 is 8.98 Å². The van der Waals surface area contributed by atoms with Gasteiger partial charge in [0, 0.05) is 55.1 Å². The van der Waals surface area contributed by atoms with E-state index < -0.39 is 0 Å². The molecule has 188 valence electrons. The van der Waals surface area contributed by atoms with E-state index >= 15 is 0 Å². The Morgan fingerprint density at radius 2 is 1.48 bits per heavy atom. The molecule has 0 fully saturated rings. The normalized spacial score (nSPS) is 12.1. The summed E-state index contributed by atoms with van der Waals surface area (Å²) in [5.74, 6) is 0. The number of rotatable bonds is 3. The minimum Gasteiger partial charge on any atom is -0.456 e. The van der Waals surface area contributed by atoms with Crippen LogP contribution >= 0.6 is 11.3 Å². The highest BCUT2D eigenvalue weighted by Crippen LogP contribution is 2.38. The van der Waals surface area contributed by atoms with E-state index in [1.807, 2.05) is 24.5 Å². The number of thiophene rings is 1. The Bertz CT molecular complexity index is 2420. The lowest BCUT2D eigenvalue weighted by atomic mass is 9.98. The highest BCUT2D eigenvalue weighted by atomic mass is 32.1. The van der Waals surface area contributed by atoms with Crippen LogP contribution < -0.4 is 0 Å². The van der Waals surface area contributed by atoms with E-state index in [1.165, 1.54) is 69.6 Å². The first-order chi connectivity index (χ1) is 19.8. The third-order valence-corrected chi connectivity index (χ3v) is 9.26. The number of pyridine rings is 1. The van der Waals surface area contributed by atoms with Crippen molar-refractivity contribution in [2.24, 2.45) is 0 Å². The van der Waals surface area contributed by atoms with Crippen molar-refractivity contribution in [3.8, 4) is 5.69 Å². The molecule has 0 N–H and O–H groups in total. The average molecular weight is 531 g/mol. The zero-order chi connectivity index (χ0) is 26.2. The van der Waals surface area contributed by atoms with Gasteiger partial charge in [-0.2, -0.15) is 0 Å². The molecule has 3 nitrogen and oxygen atoms in total. The third-order valence-electron chi connectivity index (χ3n) is 8.14. The number of fused-ring (bicyclic) bond motifs is 9. The second-order valence-corrected chi connectivity index (χ2v) is 11.5. The topological polar surface area (TPSA) is 31.0 Å². The van der Waals surface area contributed by atoms with Gasteiger partial charge in [0.2, 0.25) is 0 Å². The monoisotopic (exact) mass is 530 g/mol. The van der Waals surface area contributed by atoms with Crippen LogP contribution in [-0.2, 0) is 6.42 Å². The van der Waals surface area contributed by atoms with Crippen LogP contribution in [0, 0.1) is 0 Å². The van der Waals surface area contributed by atoms with Crippen molar-refractivity contribution in [2.45, 2.75) is 6.42 Å². The molecule has 0 atom stereocenters. The summed E-state index contributed by atoms with van der Waals surface area (Å²) in [4.78, 5) is 4.34. The summed E-state index contributed by atoms with van der Waals surface area (Å²) in [5.41, 5.74) is 8.07. The maximum absolute atomic E-state index is 6.17. The van der Waals surface area contributed by atoms with Gasteiger partial charge >= 0.3 is 0 Å². The summed E-state index contributed by atoms with van der Waals surface area (Å²) in [6, 6.07) is 39.4. The molecule has 0 saturated carbocycles. The van der Waals surface area contributed by atoms with Crippen molar-refractivity contribution in [1.29, 1.82) is 0 Å². The van der Waals surface area contributed by atoms with Gasteiger partial charge in [0.1, 0.15) is 11.2 Å². The number of nitrogens with zero attached hydrogens (tertiary/aromatic N) is 2. The van der Waals surface area contributed by atoms with E-state index in [-0.39, 0.29) is 0 Å². The molecule has 4 aromatic heterocycles. The van der Waals surface area contributed by atoms with E-state index in [9.17, 15) is 0 Å². The van der Waals surface area contributed by atoms with Crippen molar-refractivity contribution >= 4 is 75.3 Å². The summed E-state index contributed by atoms with van der Waals surface area (Å²) >= 11 is 1.80. The molecular formula is C36H22N2OS. The van der Waals surface area contributed by atoms with Gasteiger partial charge in [-0.15, -0.1) is 11.3 Å². The fourth-order valence-electron chi connectivity index (χ4n) is 6.38. The van der Waals surface area contributed by atoms with Gasteiger partial charge in [0.15, 0.2) is 0 Å². The number of hydrogen-bond acceptors (Lipinski definition) is 3. The van der Waals surface area contributed by atoms with Crippen molar-refractivity contribution in [3.63, 3.8) is 0 Å². The van der Waals surface area contributed by atoms with E-state index in [1.54, 1.807) is 11.3 Å². The molecule has 0 amide bonds. The number of benzene rings is 5. The van der Waals surface area contributed by atoms with Gasteiger partial charge in [0.05, 0.1) is 15.7 Å². The van der Waals surface area contributed by atoms with Crippen LogP contribution in [-0.4, -0.2) is 9.55 Å². The van der Waals surface area contributed by atoms with E-state index in [4.69, 9.17) is 4.42 Å². The second kappa shape index (κ2) is 8.28. The van der Waals surface area contributed by atoms with Gasteiger partial charge in [-0.3, -0.25) is 4.98 Å². The molecule has 0 unspecified atom stereocenters. The van der Waals surface area contributed by atoms with Gasteiger partial charge in [-0.1, -0.05) is 60.7 Å². The summed E-state index contributed by atoms with van der Waals surface area (Å²) in [5, 5.41) is 7.47. The van der Waals surface area contributed by atoms with E-state index in [0.29, 0.717) is 0 Å². The lowest BCUT2D eigenvalue weighted by Gasteiger charge is -2.10. The third kappa shape index (κ3) is 3.14. The fourth-order valence-corrected chi connectivity index (χ4v) is 7.43. The van der Waals surface area contributed by atoms with Crippen molar-refractivity contribution in [3.05, 3.63) is 133 Å². The Kier molecular flexibility index (Phi) is 4.54. The minimum absolute atomic E-state index is 0.833. The summed E-state index contributed by atoms with van der Waals surface area (Å²) in [6.07, 6.45) is 4.69. The lowest BCUT2D eigenvalue weighted by Crippen LogP contribution is -1.95. The maximum Gasteiger partial charge on any atom is 0.135 e. The van der Waals surface area contributed by atoms with Crippen LogP contribution in [0.25, 0.3) is 69.6 Å². The smallest absolute Gasteiger partial charge is 0.135 e. The van der Waals surface area contributed by atoms with Crippen LogP contribution in [0.4, 0.5) is 0 Å². The maximum atomic E-state index is 6.17. The first-order valence-electron chi connectivity index (χ1n) is 13.5. The molecule has 40 heavy (non-hydrogen) atoms. The standard InChI is InChI=1S/C36H22N2OS/c1-3-9-30-25(7-1)26-14-12-22(18-23-6-5-11-33-36(23)28-8-2-4-10-32(28)39-33)19-31(26)38(30)24-13-15-34-29(20-24)27-16-17-37-21-35(27)40-34/h1-17,19-21H,18H2. The Labute approximate surface area is 233 Å². The number of aromatic nitrogens is 2. The average Bonchev–Trinajstić information content (AvgIpc) is 3.66. The predicted molar refractivity (Wildman–Crippen MR) is 168 cm³/mol. The molecule has 0 radical (unpaired) electrons. The van der Waals surface area contributed by atoms with Crippen LogP contribution in [0.15, 0.2) is 126 Å². The second-order valence-electron chi connectivity index (χ2n) is 10.4. The zero-order valence-corrected chi connectivity index (χ0v) is 22.3. The van der Waals surface area contributed by atoms with Crippen LogP contribution in [0.3, 0.4) is 0 Å². The predicted octanol–water partition coefficient (Wildman–Crippen LogP) is 10.0. The Balaban J connectivity index is 1.26. The Morgan fingerprint density at radius 1 is 0.625 bits per heavy atom. The number of hydrogen-bond donors (Lipinski definition) is 0. The van der Waals surface area contributed by atoms with Gasteiger partial charge in [-0.05, 0) is 66.1 Å². The van der Waals surface area contributed by atoms with Gasteiger partial charge in [-0.25, -0.2) is 0 Å². The number of para-hydroxylation sites is 2. The molecule has 0 saturated heterocycles. The van der Waals surface area contributed by atoms with Gasteiger partial charge in [0.25, 0.3) is 0 Å². The first-order valence-corrected chi connectivity index (χ1v) is 14.3. The molecule has 4 heteroatoms. The highest BCUT2D eigenvalue weighted by molar-refractivity contribution is 7.25. The quantitative estimate of drug-likeness (QED) is 0.228. The molecule has 0 bridgehead atoms. The highest BCUT2D eigenvalue weighted by Gasteiger charge is 2.16. The molecular weight excluding hydrogens is 508 g/mol. The first kappa shape index (κ1) is 21.9. The van der Waals surface area contributed by atoms with Crippen molar-refractivity contribution < 1.29 is 4.42 Å². The Hall–Kier alpha value is -4.93. The SMILES string of the molecule is c1ccc2c(c1)oc1cccc(Cc3ccc4c5ccccc5n(-c5ccc6sc7cnccc7c6c5)c4c3)c12. The molecule has 4 heterocycles. The molecule has 0 spiro atoms. The minimum atomic E-state index is 0.833. The fraction of sp³-hybridized carbons (Fsp3) is 0.0278. The van der Waals surface area contributed by atoms with E-state index in [0.717, 1.165) is 17.6 Å². The Morgan fingerprint density at radius 3 is 2.45 bits per heavy atom. The molecule has 9 rings (SSSR count). The molecule has 5 aromatic carbocycles. The van der Waals surface area contributed by atoms with Crippen molar-refractivity contribution in [1.82, 2.24) is 9.55 Å². The lowest BCUT2D eigenvalue weighted by molar-refractivity contribution is 0.668. The molecule has 0 aliphatic carbocycles. The largest absolute Gasteiger partial charge is 0.456 e. The number of furan rings is 1. The van der Waals surface area contributed by atoms with Crippen LogP contribution in [0.5, 0.6) is 0 Å². The van der Waals surface area contributed by atoms with Crippen LogP contribution in [0.2, 0.25) is 0 Å². The van der Waals surface area contributed by atoms with Crippen molar-refractivity contribution in [2.75, 3.05) is 0 Å². The molecule has 0 aliphatic heterocycles. The van der Waals surface area contributed by atoms with E-state index in [2.05, 4.69) is 107 Å². The molecule has 9 aromatic rings. The summed E-state index contributed by atoms with van der Waals surface area (Å²) in [7, 11) is 0. The zero-order valence-electron chi connectivity index (χ0n) is 21.5. The summed E-state index contributed by atoms with van der Waals surface area (Å²) in [6.45, 7) is 0. The molecule has 0 aliphatic rings. The van der Waals surface area contributed by atoms with Crippen LogP contribution in [0.1, 0.15) is 11.1 Å².